The van der Waals surface area contributed by atoms with E-state index in [4.69, 9.17) is 25.6 Å². The van der Waals surface area contributed by atoms with Gasteiger partial charge in [0.15, 0.2) is 18.0 Å². The highest BCUT2D eigenvalue weighted by molar-refractivity contribution is 6.30. The van der Waals surface area contributed by atoms with Crippen molar-refractivity contribution < 1.29 is 18.9 Å². The average molecular weight is 389 g/mol. The molecule has 7 heteroatoms. The van der Waals surface area contributed by atoms with Gasteiger partial charge in [0.05, 0.1) is 21.3 Å². The zero-order valence-electron chi connectivity index (χ0n) is 15.9. The molecule has 3 rings (SSSR count). The van der Waals surface area contributed by atoms with E-state index < -0.39 is 0 Å². The number of rotatable bonds is 7. The number of benzene rings is 2. The second kappa shape index (κ2) is 8.41. The Morgan fingerprint density at radius 3 is 2.37 bits per heavy atom. The molecule has 142 valence electrons. The summed E-state index contributed by atoms with van der Waals surface area (Å²) in [6, 6.07) is 11.4. The first-order chi connectivity index (χ1) is 13.0. The fraction of sp³-hybridized carbons (Fsp3) is 0.300. The van der Waals surface area contributed by atoms with Crippen molar-refractivity contribution in [3.63, 3.8) is 0 Å². The molecule has 6 nitrogen and oxygen atoms in total. The number of aromatic nitrogens is 2. The molecule has 0 aliphatic heterocycles. The van der Waals surface area contributed by atoms with Gasteiger partial charge in [-0.1, -0.05) is 16.8 Å². The number of nitrogens with one attached hydrogen (secondary N) is 1. The molecule has 0 aliphatic carbocycles. The minimum Gasteiger partial charge on any atom is -0.493 e. The van der Waals surface area contributed by atoms with E-state index in [1.807, 2.05) is 36.4 Å². The molecular formula is C20H23ClN3O3+. The lowest BCUT2D eigenvalue weighted by molar-refractivity contribution is -0.909. The Bertz CT molecular complexity index is 909. The number of ether oxygens (including phenoxy) is 2. The summed E-state index contributed by atoms with van der Waals surface area (Å²) in [5.41, 5.74) is 3.21. The van der Waals surface area contributed by atoms with Crippen molar-refractivity contribution in [1.29, 1.82) is 0 Å². The Balaban J connectivity index is 1.69. The molecule has 1 unspecified atom stereocenters. The Morgan fingerprint density at radius 2 is 1.70 bits per heavy atom. The van der Waals surface area contributed by atoms with E-state index >= 15 is 0 Å². The fourth-order valence-electron chi connectivity index (χ4n) is 2.90. The molecule has 0 radical (unpaired) electrons. The third-order valence-corrected chi connectivity index (χ3v) is 4.61. The lowest BCUT2D eigenvalue weighted by Gasteiger charge is -2.16. The second-order valence-corrected chi connectivity index (χ2v) is 6.90. The van der Waals surface area contributed by atoms with Gasteiger partial charge in [0.2, 0.25) is 5.82 Å². The van der Waals surface area contributed by atoms with Crippen LogP contribution in [0.4, 0.5) is 0 Å². The summed E-state index contributed by atoms with van der Waals surface area (Å²) >= 11 is 5.92. The zero-order chi connectivity index (χ0) is 19.4. The lowest BCUT2D eigenvalue weighted by atomic mass is 10.1. The van der Waals surface area contributed by atoms with Gasteiger partial charge in [-0.2, -0.15) is 4.98 Å². The van der Waals surface area contributed by atoms with Crippen LogP contribution in [-0.2, 0) is 13.1 Å². The van der Waals surface area contributed by atoms with Crippen molar-refractivity contribution >= 4 is 11.6 Å². The van der Waals surface area contributed by atoms with Crippen molar-refractivity contribution in [2.45, 2.75) is 20.0 Å². The summed E-state index contributed by atoms with van der Waals surface area (Å²) in [5.74, 6) is 2.63. The molecule has 0 aliphatic rings. The standard InChI is InChI=1S/C20H22ClN3O3/c1-13-9-17(25-3)18(26-4)10-15(13)11-24(2)12-19-22-20(23-27-19)14-5-7-16(21)8-6-14/h5-10H,11-12H2,1-4H3/p+1. The number of hydrogen-bond donors (Lipinski definition) is 1. The summed E-state index contributed by atoms with van der Waals surface area (Å²) in [6.45, 7) is 3.48. The van der Waals surface area contributed by atoms with Crippen LogP contribution in [0.2, 0.25) is 5.02 Å². The van der Waals surface area contributed by atoms with Gasteiger partial charge in [-0.25, -0.2) is 0 Å². The van der Waals surface area contributed by atoms with Gasteiger partial charge >= 0.3 is 0 Å². The molecule has 1 N–H and O–H groups in total. The molecular weight excluding hydrogens is 366 g/mol. The van der Waals surface area contributed by atoms with Gasteiger partial charge in [-0.05, 0) is 48.9 Å². The Morgan fingerprint density at radius 1 is 1.04 bits per heavy atom. The maximum absolute atomic E-state index is 5.92. The SMILES string of the molecule is COc1cc(C)c(C[NH+](C)Cc2nc(-c3ccc(Cl)cc3)no2)cc1OC. The number of hydrogen-bond acceptors (Lipinski definition) is 5. The van der Waals surface area contributed by atoms with Crippen LogP contribution in [0.5, 0.6) is 11.5 Å². The van der Waals surface area contributed by atoms with E-state index in [1.165, 1.54) is 10.5 Å². The average Bonchev–Trinajstić information content (AvgIpc) is 3.11. The molecule has 0 spiro atoms. The van der Waals surface area contributed by atoms with E-state index in [-0.39, 0.29) is 0 Å². The third kappa shape index (κ3) is 4.59. The molecule has 0 fully saturated rings. The summed E-state index contributed by atoms with van der Waals surface area (Å²) in [7, 11) is 5.37. The van der Waals surface area contributed by atoms with Gasteiger partial charge in [0.25, 0.3) is 5.89 Å². The first-order valence-corrected chi connectivity index (χ1v) is 8.99. The monoisotopic (exact) mass is 388 g/mol. The van der Waals surface area contributed by atoms with Crippen LogP contribution in [-0.4, -0.2) is 31.4 Å². The van der Waals surface area contributed by atoms with E-state index in [9.17, 15) is 0 Å². The van der Waals surface area contributed by atoms with E-state index in [0.29, 0.717) is 23.3 Å². The van der Waals surface area contributed by atoms with Crippen LogP contribution in [0.1, 0.15) is 17.0 Å². The highest BCUT2D eigenvalue weighted by atomic mass is 35.5. The molecule has 1 atom stereocenters. The van der Waals surface area contributed by atoms with Crippen LogP contribution in [0.3, 0.4) is 0 Å². The van der Waals surface area contributed by atoms with Crippen molar-refractivity contribution in [2.75, 3.05) is 21.3 Å². The predicted molar refractivity (Wildman–Crippen MR) is 103 cm³/mol. The van der Waals surface area contributed by atoms with Crippen molar-refractivity contribution in [3.05, 3.63) is 58.4 Å². The van der Waals surface area contributed by atoms with Gasteiger partial charge in [-0.15, -0.1) is 0 Å². The van der Waals surface area contributed by atoms with Crippen molar-refractivity contribution in [1.82, 2.24) is 10.1 Å². The largest absolute Gasteiger partial charge is 0.493 e. The molecule has 3 aromatic rings. The quantitative estimate of drug-likeness (QED) is 0.674. The number of methoxy groups -OCH3 is 2. The van der Waals surface area contributed by atoms with Crippen molar-refractivity contribution in [2.24, 2.45) is 0 Å². The van der Waals surface area contributed by atoms with Crippen LogP contribution < -0.4 is 14.4 Å². The van der Waals surface area contributed by atoms with Gasteiger partial charge in [0.1, 0.15) is 6.54 Å². The number of nitrogens with zero attached hydrogens (tertiary/aromatic N) is 2. The van der Waals surface area contributed by atoms with Crippen LogP contribution in [0, 0.1) is 6.92 Å². The van der Waals surface area contributed by atoms with Crippen LogP contribution in [0.15, 0.2) is 40.9 Å². The summed E-state index contributed by atoms with van der Waals surface area (Å²) in [4.78, 5) is 5.71. The molecule has 0 saturated carbocycles. The second-order valence-electron chi connectivity index (χ2n) is 6.46. The minimum absolute atomic E-state index is 0.566. The molecule has 0 amide bonds. The number of halogens is 1. The number of quaternary nitrogens is 1. The highest BCUT2D eigenvalue weighted by Gasteiger charge is 2.16. The zero-order valence-corrected chi connectivity index (χ0v) is 16.6. The van der Waals surface area contributed by atoms with Gasteiger partial charge in [-0.3, -0.25) is 0 Å². The smallest absolute Gasteiger partial charge is 0.282 e. The first-order valence-electron chi connectivity index (χ1n) is 8.61. The lowest BCUT2D eigenvalue weighted by Crippen LogP contribution is -3.06. The topological polar surface area (TPSA) is 61.8 Å². The minimum atomic E-state index is 0.566. The van der Waals surface area contributed by atoms with Crippen molar-refractivity contribution in [3.8, 4) is 22.9 Å². The van der Waals surface area contributed by atoms with E-state index in [2.05, 4.69) is 24.1 Å². The van der Waals surface area contributed by atoms with Crippen LogP contribution in [0.25, 0.3) is 11.4 Å². The Labute approximate surface area is 163 Å². The molecule has 1 aromatic heterocycles. The fourth-order valence-corrected chi connectivity index (χ4v) is 3.03. The van der Waals surface area contributed by atoms with Crippen LogP contribution >= 0.6 is 11.6 Å². The van der Waals surface area contributed by atoms with Gasteiger partial charge < -0.3 is 18.9 Å². The summed E-state index contributed by atoms with van der Waals surface area (Å²) in [6.07, 6.45) is 0. The molecule has 0 saturated heterocycles. The van der Waals surface area contributed by atoms with E-state index in [0.717, 1.165) is 29.2 Å². The third-order valence-electron chi connectivity index (χ3n) is 4.36. The molecule has 27 heavy (non-hydrogen) atoms. The number of aryl methyl sites for hydroxylation is 1. The maximum atomic E-state index is 5.92. The summed E-state index contributed by atoms with van der Waals surface area (Å²) < 4.78 is 16.2. The highest BCUT2D eigenvalue weighted by Crippen LogP contribution is 2.29. The first kappa shape index (κ1) is 19.2. The maximum Gasteiger partial charge on any atom is 0.282 e. The summed E-state index contributed by atoms with van der Waals surface area (Å²) in [5, 5.41) is 4.74. The predicted octanol–water partition coefficient (Wildman–Crippen LogP) is 2.93. The Hall–Kier alpha value is -2.57. The molecule has 1 heterocycles. The van der Waals surface area contributed by atoms with E-state index in [1.54, 1.807) is 14.2 Å². The molecule has 2 aromatic carbocycles. The normalized spacial score (nSPS) is 12.0. The van der Waals surface area contributed by atoms with Gasteiger partial charge in [0, 0.05) is 16.1 Å². The molecule has 0 bridgehead atoms. The Kier molecular flexibility index (Phi) is 5.98.